The highest BCUT2D eigenvalue weighted by Gasteiger charge is 2.34. The molecule has 2 heterocycles. The predicted octanol–water partition coefficient (Wildman–Crippen LogP) is 3.84. The Balaban J connectivity index is 1.56. The van der Waals surface area contributed by atoms with E-state index < -0.39 is 0 Å². The third-order valence-corrected chi connectivity index (χ3v) is 4.70. The van der Waals surface area contributed by atoms with Gasteiger partial charge in [0.2, 0.25) is 0 Å². The highest BCUT2D eigenvalue weighted by Crippen LogP contribution is 2.40. The standard InChI is InChI=1S/C18H20N2O2/c1-12-4-6-13(7-5-12)16-3-2-10-20(16)18(21)15-11-17(22-19-15)14-8-9-14/h4-7,11,14,16H,2-3,8-10H2,1H3/t16-/m0/s1. The molecule has 0 unspecified atom stereocenters. The molecule has 2 aliphatic rings. The number of benzene rings is 1. The molecule has 0 N–H and O–H groups in total. The number of amides is 1. The van der Waals surface area contributed by atoms with Gasteiger partial charge in [0.05, 0.1) is 6.04 Å². The Kier molecular flexibility index (Phi) is 3.25. The lowest BCUT2D eigenvalue weighted by atomic mass is 10.0. The van der Waals surface area contributed by atoms with E-state index in [2.05, 4.69) is 36.3 Å². The summed E-state index contributed by atoms with van der Waals surface area (Å²) in [6, 6.07) is 10.5. The minimum absolute atomic E-state index is 0.00118. The molecule has 1 saturated carbocycles. The van der Waals surface area contributed by atoms with E-state index in [4.69, 9.17) is 4.52 Å². The minimum atomic E-state index is -0.00118. The lowest BCUT2D eigenvalue weighted by Crippen LogP contribution is -2.30. The fraction of sp³-hybridized carbons (Fsp3) is 0.444. The van der Waals surface area contributed by atoms with Crippen molar-refractivity contribution < 1.29 is 9.32 Å². The van der Waals surface area contributed by atoms with Crippen LogP contribution in [0.1, 0.15) is 65.0 Å². The molecule has 1 aliphatic carbocycles. The Hall–Kier alpha value is -2.10. The first-order valence-electron chi connectivity index (χ1n) is 8.06. The number of hydrogen-bond donors (Lipinski definition) is 0. The molecule has 1 aliphatic heterocycles. The fourth-order valence-corrected chi connectivity index (χ4v) is 3.24. The zero-order chi connectivity index (χ0) is 15.1. The van der Waals surface area contributed by atoms with Gasteiger partial charge in [0, 0.05) is 18.5 Å². The number of hydrogen-bond acceptors (Lipinski definition) is 3. The van der Waals surface area contributed by atoms with Crippen molar-refractivity contribution in [1.29, 1.82) is 0 Å². The van der Waals surface area contributed by atoms with E-state index in [1.165, 1.54) is 11.1 Å². The maximum atomic E-state index is 12.8. The van der Waals surface area contributed by atoms with E-state index in [-0.39, 0.29) is 11.9 Å². The van der Waals surface area contributed by atoms with E-state index >= 15 is 0 Å². The van der Waals surface area contributed by atoms with Gasteiger partial charge in [-0.15, -0.1) is 0 Å². The van der Waals surface area contributed by atoms with Crippen LogP contribution >= 0.6 is 0 Å². The van der Waals surface area contributed by atoms with Gasteiger partial charge in [0.1, 0.15) is 5.76 Å². The van der Waals surface area contributed by atoms with Gasteiger partial charge >= 0.3 is 0 Å². The molecule has 0 bridgehead atoms. The van der Waals surface area contributed by atoms with Gasteiger partial charge in [-0.3, -0.25) is 4.79 Å². The second-order valence-corrected chi connectivity index (χ2v) is 6.46. The summed E-state index contributed by atoms with van der Waals surface area (Å²) < 4.78 is 5.33. The summed E-state index contributed by atoms with van der Waals surface area (Å²) in [4.78, 5) is 14.7. The normalized spacial score (nSPS) is 21.3. The summed E-state index contributed by atoms with van der Waals surface area (Å²) in [5.41, 5.74) is 2.91. The van der Waals surface area contributed by atoms with Crippen LogP contribution in [0.3, 0.4) is 0 Å². The molecular weight excluding hydrogens is 276 g/mol. The monoisotopic (exact) mass is 296 g/mol. The van der Waals surface area contributed by atoms with Crippen molar-refractivity contribution in [3.63, 3.8) is 0 Å². The molecule has 2 fully saturated rings. The Labute approximate surface area is 130 Å². The molecule has 0 spiro atoms. The SMILES string of the molecule is Cc1ccc([C@@H]2CCCN2C(=O)c2cc(C3CC3)on2)cc1. The van der Waals surface area contributed by atoms with Crippen LogP contribution in [-0.4, -0.2) is 22.5 Å². The molecule has 1 aromatic carbocycles. The van der Waals surface area contributed by atoms with E-state index in [0.717, 1.165) is 38.0 Å². The van der Waals surface area contributed by atoms with Crippen molar-refractivity contribution in [3.05, 3.63) is 52.9 Å². The number of rotatable bonds is 3. The summed E-state index contributed by atoms with van der Waals surface area (Å²) in [5.74, 6) is 1.36. The van der Waals surface area contributed by atoms with Crippen LogP contribution < -0.4 is 0 Å². The van der Waals surface area contributed by atoms with Crippen molar-refractivity contribution >= 4 is 5.91 Å². The third kappa shape index (κ3) is 2.43. The van der Waals surface area contributed by atoms with Crippen molar-refractivity contribution in [2.24, 2.45) is 0 Å². The second-order valence-electron chi connectivity index (χ2n) is 6.46. The molecule has 1 saturated heterocycles. The molecule has 4 rings (SSSR count). The van der Waals surface area contributed by atoms with Crippen LogP contribution in [0.2, 0.25) is 0 Å². The lowest BCUT2D eigenvalue weighted by Gasteiger charge is -2.24. The van der Waals surface area contributed by atoms with Crippen LogP contribution in [0.25, 0.3) is 0 Å². The van der Waals surface area contributed by atoms with Gasteiger partial charge in [-0.1, -0.05) is 35.0 Å². The summed E-state index contributed by atoms with van der Waals surface area (Å²) in [7, 11) is 0. The van der Waals surface area contributed by atoms with E-state index in [1.54, 1.807) is 0 Å². The van der Waals surface area contributed by atoms with E-state index in [1.807, 2.05) is 11.0 Å². The number of aromatic nitrogens is 1. The fourth-order valence-electron chi connectivity index (χ4n) is 3.24. The Morgan fingerprint density at radius 1 is 1.23 bits per heavy atom. The van der Waals surface area contributed by atoms with Gasteiger partial charge in [0.25, 0.3) is 5.91 Å². The van der Waals surface area contributed by atoms with Gasteiger partial charge < -0.3 is 9.42 Å². The quantitative estimate of drug-likeness (QED) is 0.864. The first kappa shape index (κ1) is 13.6. The molecular formula is C18H20N2O2. The minimum Gasteiger partial charge on any atom is -0.360 e. The Morgan fingerprint density at radius 3 is 2.73 bits per heavy atom. The van der Waals surface area contributed by atoms with Crippen LogP contribution in [0, 0.1) is 6.92 Å². The number of nitrogens with zero attached hydrogens (tertiary/aromatic N) is 2. The van der Waals surface area contributed by atoms with Crippen LogP contribution in [0.4, 0.5) is 0 Å². The smallest absolute Gasteiger partial charge is 0.276 e. The zero-order valence-corrected chi connectivity index (χ0v) is 12.8. The van der Waals surface area contributed by atoms with Crippen molar-refractivity contribution in [1.82, 2.24) is 10.1 Å². The van der Waals surface area contributed by atoms with Crippen molar-refractivity contribution in [3.8, 4) is 0 Å². The zero-order valence-electron chi connectivity index (χ0n) is 12.8. The average molecular weight is 296 g/mol. The second kappa shape index (κ2) is 5.27. The van der Waals surface area contributed by atoms with Crippen molar-refractivity contribution in [2.75, 3.05) is 6.54 Å². The van der Waals surface area contributed by atoms with Crippen LogP contribution in [-0.2, 0) is 0 Å². The first-order chi connectivity index (χ1) is 10.7. The average Bonchev–Trinajstić information content (AvgIpc) is 3.08. The number of aryl methyl sites for hydroxylation is 1. The van der Waals surface area contributed by atoms with Crippen molar-refractivity contribution in [2.45, 2.75) is 44.6 Å². The molecule has 22 heavy (non-hydrogen) atoms. The summed E-state index contributed by atoms with van der Waals surface area (Å²) in [6.07, 6.45) is 4.36. The van der Waals surface area contributed by atoms with E-state index in [9.17, 15) is 4.79 Å². The number of carbonyl (C=O) groups excluding carboxylic acids is 1. The predicted molar refractivity (Wildman–Crippen MR) is 82.7 cm³/mol. The third-order valence-electron chi connectivity index (χ3n) is 4.70. The molecule has 1 amide bonds. The van der Waals surface area contributed by atoms with E-state index in [0.29, 0.717) is 11.6 Å². The Morgan fingerprint density at radius 2 is 2.00 bits per heavy atom. The summed E-state index contributed by atoms with van der Waals surface area (Å²) in [6.45, 7) is 2.87. The van der Waals surface area contributed by atoms with Gasteiger partial charge in [-0.2, -0.15) is 0 Å². The maximum Gasteiger partial charge on any atom is 0.276 e. The lowest BCUT2D eigenvalue weighted by molar-refractivity contribution is 0.0725. The number of carbonyl (C=O) groups is 1. The topological polar surface area (TPSA) is 46.3 Å². The van der Waals surface area contributed by atoms with Gasteiger partial charge in [-0.25, -0.2) is 0 Å². The molecule has 1 aromatic heterocycles. The van der Waals surface area contributed by atoms with Gasteiger partial charge in [0.15, 0.2) is 5.69 Å². The molecule has 4 nitrogen and oxygen atoms in total. The molecule has 2 aromatic rings. The Bertz CT molecular complexity index is 685. The molecule has 114 valence electrons. The number of likely N-dealkylation sites (tertiary alicyclic amines) is 1. The first-order valence-corrected chi connectivity index (χ1v) is 8.06. The highest BCUT2D eigenvalue weighted by molar-refractivity contribution is 5.92. The highest BCUT2D eigenvalue weighted by atomic mass is 16.5. The summed E-state index contributed by atoms with van der Waals surface area (Å²) >= 11 is 0. The molecule has 0 radical (unpaired) electrons. The molecule has 4 heteroatoms. The van der Waals surface area contributed by atoms with Gasteiger partial charge in [-0.05, 0) is 38.2 Å². The van der Waals surface area contributed by atoms with Crippen LogP contribution in [0.5, 0.6) is 0 Å². The van der Waals surface area contributed by atoms with Crippen LogP contribution in [0.15, 0.2) is 34.9 Å². The largest absolute Gasteiger partial charge is 0.360 e. The summed E-state index contributed by atoms with van der Waals surface area (Å²) in [5, 5.41) is 4.00. The molecule has 1 atom stereocenters. The maximum absolute atomic E-state index is 12.8.